The summed E-state index contributed by atoms with van der Waals surface area (Å²) in [4.78, 5) is 26.3. The molecule has 0 fully saturated rings. The minimum atomic E-state index is -0.796. The molecule has 0 saturated carbocycles. The number of aliphatic hydroxyl groups excluding tert-OH is 2. The number of esters is 1. The quantitative estimate of drug-likeness (QED) is 0.0321. The maximum Gasteiger partial charge on any atom is 0.306 e. The number of hydrogen-bond acceptors (Lipinski definition) is 5. The molecule has 3 unspecified atom stereocenters. The van der Waals surface area contributed by atoms with Crippen molar-refractivity contribution >= 4 is 11.9 Å². The first-order chi connectivity index (χ1) is 33.0. The van der Waals surface area contributed by atoms with Crippen molar-refractivity contribution in [1.82, 2.24) is 5.32 Å². The van der Waals surface area contributed by atoms with Crippen LogP contribution in [-0.2, 0) is 14.3 Å². The molecule has 67 heavy (non-hydrogen) atoms. The Labute approximate surface area is 416 Å². The van der Waals surface area contributed by atoms with Crippen LogP contribution in [0.25, 0.3) is 0 Å². The van der Waals surface area contributed by atoms with Crippen LogP contribution in [0.15, 0.2) is 60.8 Å². The maximum absolute atomic E-state index is 13.3. The number of aliphatic hydroxyl groups is 2. The van der Waals surface area contributed by atoms with Crippen LogP contribution in [0, 0.1) is 0 Å². The third-order valence-electron chi connectivity index (χ3n) is 13.1. The van der Waals surface area contributed by atoms with Gasteiger partial charge in [0.15, 0.2) is 0 Å². The van der Waals surface area contributed by atoms with Crippen molar-refractivity contribution < 1.29 is 24.5 Å². The van der Waals surface area contributed by atoms with Crippen molar-refractivity contribution in [1.29, 1.82) is 0 Å². The van der Waals surface area contributed by atoms with Crippen LogP contribution in [-0.4, -0.2) is 46.9 Å². The standard InChI is InChI=1S/C61H111NO5/c1-4-7-10-13-16-19-22-25-28-30-32-35-38-41-44-47-50-53-59(64)58(56-63)62-60(65)55-57(52-49-46-43-40-37-34-31-27-24-21-18-15-12-9-6-3)67-61(66)54-51-48-45-42-39-36-33-29-26-23-20-17-14-11-8-5-2/h8,11,17-18,20-21,26-27,29,31,57-59,63-64H,4-7,9-10,12-16,19,22-25,28,30,32-56H2,1-3H3,(H,62,65)/b11-8+,20-17+,21-18-,29-26+,31-27-. The molecule has 390 valence electrons. The fraction of sp³-hybridized carbons (Fsp3) is 0.803. The molecule has 0 aromatic carbocycles. The van der Waals surface area contributed by atoms with Gasteiger partial charge in [-0.25, -0.2) is 0 Å². The van der Waals surface area contributed by atoms with E-state index >= 15 is 0 Å². The average molecular weight is 939 g/mol. The SMILES string of the molecule is CC/C=C/C/C=C/C/C=C/CCCCCCCCC(=O)OC(CCCCCCC/C=C\C/C=C\CCCCC)CC(=O)NC(CO)C(O)CCCCCCCCCCCCCCCCCCC. The minimum Gasteiger partial charge on any atom is -0.462 e. The Bertz CT molecular complexity index is 1190. The van der Waals surface area contributed by atoms with Crippen molar-refractivity contribution in [2.24, 2.45) is 0 Å². The number of rotatable bonds is 52. The molecule has 0 aliphatic heterocycles. The van der Waals surface area contributed by atoms with Crippen LogP contribution >= 0.6 is 0 Å². The number of hydrogen-bond donors (Lipinski definition) is 3. The number of unbranched alkanes of at least 4 members (excludes halogenated alkanes) is 30. The van der Waals surface area contributed by atoms with Gasteiger partial charge in [0.05, 0.1) is 25.2 Å². The van der Waals surface area contributed by atoms with E-state index < -0.39 is 18.2 Å². The lowest BCUT2D eigenvalue weighted by atomic mass is 10.0. The van der Waals surface area contributed by atoms with E-state index in [2.05, 4.69) is 86.8 Å². The molecule has 0 aliphatic carbocycles. The fourth-order valence-corrected chi connectivity index (χ4v) is 8.71. The Hall–Kier alpha value is -2.44. The average Bonchev–Trinajstić information content (AvgIpc) is 3.32. The summed E-state index contributed by atoms with van der Waals surface area (Å²) in [7, 11) is 0. The summed E-state index contributed by atoms with van der Waals surface area (Å²) in [6, 6.07) is -0.711. The second-order valence-electron chi connectivity index (χ2n) is 19.7. The molecule has 0 rings (SSSR count). The first-order valence-electron chi connectivity index (χ1n) is 29.0. The zero-order chi connectivity index (χ0) is 48.8. The molecule has 6 heteroatoms. The number of carbonyl (C=O) groups is 2. The molecule has 0 aliphatic rings. The zero-order valence-electron chi connectivity index (χ0n) is 44.5. The Morgan fingerprint density at radius 2 is 0.806 bits per heavy atom. The third kappa shape index (κ3) is 49.8. The molecular formula is C61H111NO5. The van der Waals surface area contributed by atoms with Gasteiger partial charge in [-0.15, -0.1) is 0 Å². The molecule has 3 atom stereocenters. The van der Waals surface area contributed by atoms with Crippen LogP contribution in [0.1, 0.15) is 290 Å². The molecule has 6 nitrogen and oxygen atoms in total. The largest absolute Gasteiger partial charge is 0.462 e. The van der Waals surface area contributed by atoms with Gasteiger partial charge in [-0.05, 0) is 89.9 Å². The Kier molecular flexibility index (Phi) is 52.5. The lowest BCUT2D eigenvalue weighted by Gasteiger charge is -2.24. The summed E-state index contributed by atoms with van der Waals surface area (Å²) in [5.74, 6) is -0.495. The topological polar surface area (TPSA) is 95.9 Å². The number of amides is 1. The number of carbonyl (C=O) groups excluding carboxylic acids is 2. The van der Waals surface area contributed by atoms with E-state index in [1.165, 1.54) is 148 Å². The van der Waals surface area contributed by atoms with Gasteiger partial charge in [0, 0.05) is 6.42 Å². The van der Waals surface area contributed by atoms with E-state index in [0.29, 0.717) is 19.3 Å². The van der Waals surface area contributed by atoms with Gasteiger partial charge in [0.2, 0.25) is 5.91 Å². The highest BCUT2D eigenvalue weighted by atomic mass is 16.5. The van der Waals surface area contributed by atoms with E-state index in [1.807, 2.05) is 0 Å². The van der Waals surface area contributed by atoms with Crippen molar-refractivity contribution in [3.63, 3.8) is 0 Å². The van der Waals surface area contributed by atoms with Crippen molar-refractivity contribution in [2.45, 2.75) is 309 Å². The second-order valence-corrected chi connectivity index (χ2v) is 19.7. The predicted molar refractivity (Wildman–Crippen MR) is 292 cm³/mol. The van der Waals surface area contributed by atoms with Gasteiger partial charge in [-0.1, -0.05) is 248 Å². The highest BCUT2D eigenvalue weighted by Crippen LogP contribution is 2.18. The third-order valence-corrected chi connectivity index (χ3v) is 13.1. The molecule has 0 aromatic rings. The Morgan fingerprint density at radius 3 is 1.25 bits per heavy atom. The lowest BCUT2D eigenvalue weighted by molar-refractivity contribution is -0.151. The summed E-state index contributed by atoms with van der Waals surface area (Å²) < 4.78 is 5.95. The number of allylic oxidation sites excluding steroid dienone is 10. The minimum absolute atomic E-state index is 0.0625. The van der Waals surface area contributed by atoms with Gasteiger partial charge < -0.3 is 20.3 Å². The first-order valence-corrected chi connectivity index (χ1v) is 29.0. The molecule has 0 radical (unpaired) electrons. The normalized spacial score (nSPS) is 13.6. The Balaban J connectivity index is 4.57. The zero-order valence-corrected chi connectivity index (χ0v) is 44.5. The van der Waals surface area contributed by atoms with Gasteiger partial charge in [0.25, 0.3) is 0 Å². The van der Waals surface area contributed by atoms with Crippen LogP contribution < -0.4 is 5.32 Å². The van der Waals surface area contributed by atoms with Gasteiger partial charge in [-0.2, -0.15) is 0 Å². The summed E-state index contributed by atoms with van der Waals surface area (Å²) in [6.45, 7) is 6.37. The van der Waals surface area contributed by atoms with E-state index in [9.17, 15) is 19.8 Å². The molecule has 0 aromatic heterocycles. The number of nitrogens with one attached hydrogen (secondary N) is 1. The lowest BCUT2D eigenvalue weighted by Crippen LogP contribution is -2.46. The van der Waals surface area contributed by atoms with Crippen molar-refractivity contribution in [3.05, 3.63) is 60.8 Å². The molecule has 0 spiro atoms. The van der Waals surface area contributed by atoms with Crippen LogP contribution in [0.5, 0.6) is 0 Å². The van der Waals surface area contributed by atoms with Crippen molar-refractivity contribution in [2.75, 3.05) is 6.61 Å². The van der Waals surface area contributed by atoms with E-state index in [1.54, 1.807) is 0 Å². The summed E-state index contributed by atoms with van der Waals surface area (Å²) >= 11 is 0. The molecular weight excluding hydrogens is 827 g/mol. The maximum atomic E-state index is 13.3. The summed E-state index contributed by atoms with van der Waals surface area (Å²) in [5.41, 5.74) is 0. The molecule has 0 bridgehead atoms. The summed E-state index contributed by atoms with van der Waals surface area (Å²) in [6.07, 6.45) is 68.5. The van der Waals surface area contributed by atoms with Gasteiger partial charge in [0.1, 0.15) is 6.10 Å². The molecule has 3 N–H and O–H groups in total. The predicted octanol–water partition coefficient (Wildman–Crippen LogP) is 18.0. The second kappa shape index (κ2) is 54.5. The summed E-state index contributed by atoms with van der Waals surface area (Å²) in [5, 5.41) is 23.9. The van der Waals surface area contributed by atoms with Crippen LogP contribution in [0.4, 0.5) is 0 Å². The van der Waals surface area contributed by atoms with Crippen LogP contribution in [0.3, 0.4) is 0 Å². The van der Waals surface area contributed by atoms with Gasteiger partial charge >= 0.3 is 5.97 Å². The first kappa shape index (κ1) is 64.6. The highest BCUT2D eigenvalue weighted by molar-refractivity contribution is 5.77. The van der Waals surface area contributed by atoms with E-state index in [-0.39, 0.29) is 24.9 Å². The van der Waals surface area contributed by atoms with Crippen LogP contribution in [0.2, 0.25) is 0 Å². The highest BCUT2D eigenvalue weighted by Gasteiger charge is 2.24. The number of ether oxygens (including phenoxy) is 1. The van der Waals surface area contributed by atoms with E-state index in [4.69, 9.17) is 4.74 Å². The smallest absolute Gasteiger partial charge is 0.306 e. The van der Waals surface area contributed by atoms with Crippen molar-refractivity contribution in [3.8, 4) is 0 Å². The monoisotopic (exact) mass is 938 g/mol. The fourth-order valence-electron chi connectivity index (χ4n) is 8.71. The van der Waals surface area contributed by atoms with E-state index in [0.717, 1.165) is 96.3 Å². The molecule has 1 amide bonds. The van der Waals surface area contributed by atoms with Gasteiger partial charge in [-0.3, -0.25) is 9.59 Å². The Morgan fingerprint density at radius 1 is 0.448 bits per heavy atom. The molecule has 0 saturated heterocycles. The molecule has 0 heterocycles.